The lowest BCUT2D eigenvalue weighted by molar-refractivity contribution is 0.141. The molecule has 184 valence electrons. The van der Waals surface area contributed by atoms with Gasteiger partial charge in [0, 0.05) is 12.4 Å². The minimum Gasteiger partial charge on any atom is -0.444 e. The highest BCUT2D eigenvalue weighted by molar-refractivity contribution is 6.32. The van der Waals surface area contributed by atoms with Crippen LogP contribution in [-0.2, 0) is 17.8 Å². The number of hydrogen-bond acceptors (Lipinski definition) is 11. The molecule has 0 aliphatic rings. The summed E-state index contributed by atoms with van der Waals surface area (Å²) in [6.45, 7) is 2.37. The molecule has 0 fully saturated rings. The molecule has 1 heterocycles. The van der Waals surface area contributed by atoms with Crippen molar-refractivity contribution < 1.29 is 67.0 Å². The van der Waals surface area contributed by atoms with E-state index < -0.39 is 35.7 Å². The zero-order valence-electron chi connectivity index (χ0n) is 17.1. The number of aromatic nitrogens is 2. The molecule has 0 aliphatic heterocycles. The Morgan fingerprint density at radius 2 is 1.27 bits per heavy atom. The maximum atomic E-state index is 11.6. The first-order chi connectivity index (χ1) is 15.2. The molecule has 0 unspecified atom stereocenters. The summed E-state index contributed by atoms with van der Waals surface area (Å²) in [7, 11) is -10.7. The number of benzene rings is 1. The molecule has 8 N–H and O–H groups in total. The standard InChI is InChI=1S/C13H14N2O2.4BFH2O2/c1-2-11-5-3-4-6-12(11)9-17-13(16)15-8-7-14-10-15;4*2-1(3)4/h3-8,10H,2,9H2,1H3;4*3-4H. The number of rotatable bonds is 3. The predicted octanol–water partition coefficient (Wildman–Crippen LogP) is -1.67. The molecule has 33 heavy (non-hydrogen) atoms. The van der Waals surface area contributed by atoms with E-state index >= 15 is 0 Å². The first kappa shape index (κ1) is 35.2. The quantitative estimate of drug-likeness (QED) is 0.182. The molecule has 0 saturated heterocycles. The second-order valence-electron chi connectivity index (χ2n) is 4.89. The monoisotopic (exact) mass is 486 g/mol. The van der Waals surface area contributed by atoms with E-state index in [1.807, 2.05) is 24.3 Å². The van der Waals surface area contributed by atoms with Gasteiger partial charge in [0.25, 0.3) is 0 Å². The highest BCUT2D eigenvalue weighted by atomic mass is 19.1. The Hall–Kier alpha value is -2.44. The van der Waals surface area contributed by atoms with Gasteiger partial charge in [-0.1, -0.05) is 31.2 Å². The first-order valence-electron chi connectivity index (χ1n) is 8.47. The lowest BCUT2D eigenvalue weighted by atomic mass is 10.1. The molecule has 2 aromatic rings. The van der Waals surface area contributed by atoms with E-state index in [0.717, 1.165) is 12.0 Å². The minimum absolute atomic E-state index is 0.293. The number of aryl methyl sites for hydroxylation is 1. The van der Waals surface area contributed by atoms with Crippen molar-refractivity contribution in [3.05, 3.63) is 54.1 Å². The molecule has 0 atom stereocenters. The number of carbonyl (C=O) groups excluding carboxylic acids is 1. The minimum atomic E-state index is -2.67. The first-order valence-corrected chi connectivity index (χ1v) is 8.47. The van der Waals surface area contributed by atoms with Crippen molar-refractivity contribution >= 4 is 35.7 Å². The number of nitrogens with zero attached hydrogens (tertiary/aromatic N) is 2. The Labute approximate surface area is 187 Å². The lowest BCUT2D eigenvalue weighted by Crippen LogP contribution is -2.12. The molecule has 0 aliphatic carbocycles. The SMILES string of the molecule is CCc1ccccc1COC(=O)n1ccnc1.OB(O)F.OB(O)F.OB(O)F.OB(O)F. The van der Waals surface area contributed by atoms with Crippen LogP contribution in [0.1, 0.15) is 18.1 Å². The Balaban J connectivity index is -0.000000462. The van der Waals surface area contributed by atoms with E-state index in [1.54, 1.807) is 12.4 Å². The molecule has 0 amide bonds. The summed E-state index contributed by atoms with van der Waals surface area (Å²) in [5.74, 6) is 0. The maximum Gasteiger partial charge on any atom is 0.674 e. The van der Waals surface area contributed by atoms with E-state index in [1.165, 1.54) is 16.5 Å². The van der Waals surface area contributed by atoms with Gasteiger partial charge in [-0.15, -0.1) is 0 Å². The second-order valence-corrected chi connectivity index (χ2v) is 4.89. The summed E-state index contributed by atoms with van der Waals surface area (Å²) in [6.07, 6.45) is 5.05. The molecule has 1 aromatic heterocycles. The molecule has 12 nitrogen and oxygen atoms in total. The Kier molecular flexibility index (Phi) is 24.2. The summed E-state index contributed by atoms with van der Waals surface area (Å²) >= 11 is 0. The number of hydrogen-bond donors (Lipinski definition) is 8. The van der Waals surface area contributed by atoms with Crippen LogP contribution in [0.2, 0.25) is 0 Å². The van der Waals surface area contributed by atoms with Gasteiger partial charge >= 0.3 is 35.7 Å². The van der Waals surface area contributed by atoms with E-state index in [-0.39, 0.29) is 0 Å². The van der Waals surface area contributed by atoms with Crippen molar-refractivity contribution in [1.82, 2.24) is 9.55 Å². The molecular weight excluding hydrogens is 463 g/mol. The van der Waals surface area contributed by atoms with Crippen LogP contribution in [0.4, 0.5) is 22.1 Å². The Morgan fingerprint density at radius 1 is 0.879 bits per heavy atom. The van der Waals surface area contributed by atoms with Crippen molar-refractivity contribution in [2.45, 2.75) is 20.0 Å². The lowest BCUT2D eigenvalue weighted by Gasteiger charge is -2.08. The van der Waals surface area contributed by atoms with Crippen LogP contribution >= 0.6 is 0 Å². The average Bonchev–Trinajstić information content (AvgIpc) is 3.19. The summed E-state index contributed by atoms with van der Waals surface area (Å²) < 4.78 is 47.0. The molecular formula is C13H22B4F4N2O10. The zero-order valence-corrected chi connectivity index (χ0v) is 17.1. The highest BCUT2D eigenvalue weighted by Gasteiger charge is 2.06. The van der Waals surface area contributed by atoms with Crippen molar-refractivity contribution in [2.24, 2.45) is 0 Å². The van der Waals surface area contributed by atoms with Crippen LogP contribution in [0.5, 0.6) is 0 Å². The van der Waals surface area contributed by atoms with Gasteiger partial charge in [0.15, 0.2) is 0 Å². The van der Waals surface area contributed by atoms with Crippen LogP contribution in [0, 0.1) is 0 Å². The van der Waals surface area contributed by atoms with Crippen molar-refractivity contribution in [2.75, 3.05) is 0 Å². The van der Waals surface area contributed by atoms with Crippen LogP contribution < -0.4 is 0 Å². The number of halogens is 4. The summed E-state index contributed by atoms with van der Waals surface area (Å²) in [5.41, 5.74) is 2.24. The van der Waals surface area contributed by atoms with Crippen molar-refractivity contribution in [1.29, 1.82) is 0 Å². The van der Waals surface area contributed by atoms with Gasteiger partial charge < -0.3 is 44.9 Å². The molecule has 0 bridgehead atoms. The van der Waals surface area contributed by atoms with Gasteiger partial charge in [-0.05, 0) is 17.5 Å². The molecule has 1 aromatic carbocycles. The normalized spacial score (nSPS) is 8.52. The molecule has 2 rings (SSSR count). The third-order valence-corrected chi connectivity index (χ3v) is 2.57. The van der Waals surface area contributed by atoms with E-state index in [0.29, 0.717) is 6.61 Å². The van der Waals surface area contributed by atoms with E-state index in [4.69, 9.17) is 44.9 Å². The second kappa shape index (κ2) is 22.7. The topological polar surface area (TPSA) is 206 Å². The third kappa shape index (κ3) is 31.8. The molecule has 0 saturated carbocycles. The average molecular weight is 486 g/mol. The van der Waals surface area contributed by atoms with Crippen LogP contribution in [-0.4, -0.2) is 85.4 Å². The third-order valence-electron chi connectivity index (χ3n) is 2.57. The summed E-state index contributed by atoms with van der Waals surface area (Å²) in [4.78, 5) is 15.4. The maximum absolute atomic E-state index is 11.6. The largest absolute Gasteiger partial charge is 0.674 e. The summed E-state index contributed by atoms with van der Waals surface area (Å²) in [5, 5.41) is 55.6. The van der Waals surface area contributed by atoms with Crippen LogP contribution in [0.3, 0.4) is 0 Å². The zero-order chi connectivity index (χ0) is 26.4. The van der Waals surface area contributed by atoms with Gasteiger partial charge in [0.05, 0.1) is 0 Å². The van der Waals surface area contributed by atoms with E-state index in [2.05, 4.69) is 11.9 Å². The van der Waals surface area contributed by atoms with Crippen LogP contribution in [0.25, 0.3) is 0 Å². The summed E-state index contributed by atoms with van der Waals surface area (Å²) in [6, 6.07) is 7.94. The van der Waals surface area contributed by atoms with Crippen LogP contribution in [0.15, 0.2) is 43.0 Å². The number of imidazole rings is 1. The van der Waals surface area contributed by atoms with Gasteiger partial charge in [-0.2, -0.15) is 0 Å². The van der Waals surface area contributed by atoms with Crippen molar-refractivity contribution in [3.8, 4) is 0 Å². The fourth-order valence-electron chi connectivity index (χ4n) is 1.62. The number of ether oxygens (including phenoxy) is 1. The fourth-order valence-corrected chi connectivity index (χ4v) is 1.62. The van der Waals surface area contributed by atoms with E-state index in [9.17, 15) is 22.1 Å². The fraction of sp³-hybridized carbons (Fsp3) is 0.231. The van der Waals surface area contributed by atoms with Gasteiger partial charge in [-0.25, -0.2) is 14.3 Å². The van der Waals surface area contributed by atoms with Crippen molar-refractivity contribution in [3.63, 3.8) is 0 Å². The highest BCUT2D eigenvalue weighted by Crippen LogP contribution is 2.11. The number of carbonyl (C=O) groups is 1. The molecule has 0 radical (unpaired) electrons. The van der Waals surface area contributed by atoms with Gasteiger partial charge in [0.1, 0.15) is 12.9 Å². The molecule has 0 spiro atoms. The van der Waals surface area contributed by atoms with Gasteiger partial charge in [0.2, 0.25) is 0 Å². The molecule has 20 heteroatoms. The van der Waals surface area contributed by atoms with Gasteiger partial charge in [-0.3, -0.25) is 17.3 Å². The smallest absolute Gasteiger partial charge is 0.444 e. The Bertz CT molecular complexity index is 671. The Morgan fingerprint density at radius 3 is 1.61 bits per heavy atom. The predicted molar refractivity (Wildman–Crippen MR) is 109 cm³/mol.